The smallest absolute Gasteiger partial charge is 0.118 e. The number of hydrogen-bond acceptors (Lipinski definition) is 4. The molecule has 4 heteroatoms. The van der Waals surface area contributed by atoms with E-state index in [0.717, 1.165) is 26.6 Å². The molecule has 0 spiro atoms. The minimum absolute atomic E-state index is 0.320. The number of hydrogen-bond donors (Lipinski definition) is 2. The highest BCUT2D eigenvalue weighted by Gasteiger charge is 2.04. The van der Waals surface area contributed by atoms with Gasteiger partial charge >= 0.3 is 0 Å². The quantitative estimate of drug-likeness (QED) is 0.828. The van der Waals surface area contributed by atoms with Crippen LogP contribution in [0.25, 0.3) is 0 Å². The zero-order valence-corrected chi connectivity index (χ0v) is 11.1. The lowest BCUT2D eigenvalue weighted by Gasteiger charge is -2.10. The van der Waals surface area contributed by atoms with E-state index in [-0.39, 0.29) is 0 Å². The lowest BCUT2D eigenvalue weighted by molar-refractivity contribution is 0.471. The van der Waals surface area contributed by atoms with Crippen molar-refractivity contribution < 1.29 is 5.11 Å². The second kappa shape index (κ2) is 5.11. The number of phenols is 1. The Morgan fingerprint density at radius 2 is 2.06 bits per heavy atom. The molecule has 0 unspecified atom stereocenters. The van der Waals surface area contributed by atoms with E-state index in [0.29, 0.717) is 12.3 Å². The Morgan fingerprint density at radius 3 is 2.72 bits per heavy atom. The molecule has 0 atom stereocenters. The largest absolute Gasteiger partial charge is 0.508 e. The topological polar surface area (TPSA) is 56.0 Å². The second-order valence-corrected chi connectivity index (χ2v) is 5.35. The standard InChI is InChI=1S/C14H14N2OS/c1-9-6-14(17)10(2)5-13(9)16-8-12-4-3-11(7-15)18-12/h3-6,16-17H,8H2,1-2H3. The Kier molecular flexibility index (Phi) is 3.54. The molecule has 1 aromatic heterocycles. The van der Waals surface area contributed by atoms with Gasteiger partial charge in [-0.25, -0.2) is 0 Å². The van der Waals surface area contributed by atoms with Gasteiger partial charge in [0.1, 0.15) is 16.7 Å². The van der Waals surface area contributed by atoms with Crippen LogP contribution in [0.3, 0.4) is 0 Å². The molecule has 2 N–H and O–H groups in total. The van der Waals surface area contributed by atoms with E-state index < -0.39 is 0 Å². The third-order valence-corrected chi connectivity index (χ3v) is 3.76. The average molecular weight is 258 g/mol. The summed E-state index contributed by atoms with van der Waals surface area (Å²) in [7, 11) is 0. The van der Waals surface area contributed by atoms with E-state index >= 15 is 0 Å². The zero-order chi connectivity index (χ0) is 13.1. The van der Waals surface area contributed by atoms with E-state index in [1.807, 2.05) is 32.0 Å². The van der Waals surface area contributed by atoms with E-state index in [4.69, 9.17) is 5.26 Å². The molecule has 0 fully saturated rings. The van der Waals surface area contributed by atoms with Crippen molar-refractivity contribution >= 4 is 17.0 Å². The van der Waals surface area contributed by atoms with Gasteiger partial charge in [0.25, 0.3) is 0 Å². The van der Waals surface area contributed by atoms with Crippen LogP contribution in [0.4, 0.5) is 5.69 Å². The van der Waals surface area contributed by atoms with Gasteiger partial charge in [-0.05, 0) is 49.2 Å². The van der Waals surface area contributed by atoms with Gasteiger partial charge in [0.05, 0.1) is 0 Å². The Balaban J connectivity index is 2.11. The molecule has 1 aromatic carbocycles. The maximum absolute atomic E-state index is 9.58. The van der Waals surface area contributed by atoms with Gasteiger partial charge in [0.15, 0.2) is 0 Å². The third-order valence-electron chi connectivity index (χ3n) is 2.77. The summed E-state index contributed by atoms with van der Waals surface area (Å²) in [6.07, 6.45) is 0. The molecular weight excluding hydrogens is 244 g/mol. The van der Waals surface area contributed by atoms with Crippen molar-refractivity contribution in [3.63, 3.8) is 0 Å². The summed E-state index contributed by atoms with van der Waals surface area (Å²) in [6.45, 7) is 4.52. The molecule has 2 rings (SSSR count). The van der Waals surface area contributed by atoms with Crippen LogP contribution in [-0.2, 0) is 6.54 Å². The van der Waals surface area contributed by atoms with Crippen molar-refractivity contribution in [1.82, 2.24) is 0 Å². The maximum Gasteiger partial charge on any atom is 0.118 e. The fourth-order valence-electron chi connectivity index (χ4n) is 1.71. The molecular formula is C14H14N2OS. The SMILES string of the molecule is Cc1cc(NCc2ccc(C#N)s2)c(C)cc1O. The number of nitrogens with zero attached hydrogens (tertiary/aromatic N) is 1. The Bertz CT molecular complexity index is 611. The van der Waals surface area contributed by atoms with Crippen molar-refractivity contribution in [3.8, 4) is 11.8 Å². The molecule has 2 aromatic rings. The van der Waals surface area contributed by atoms with Crippen LogP contribution < -0.4 is 5.32 Å². The van der Waals surface area contributed by atoms with Crippen LogP contribution in [0, 0.1) is 25.2 Å². The number of aromatic hydroxyl groups is 1. The molecule has 18 heavy (non-hydrogen) atoms. The predicted octanol–water partition coefficient (Wildman–Crippen LogP) is 3.55. The first-order valence-electron chi connectivity index (χ1n) is 5.63. The van der Waals surface area contributed by atoms with Crippen LogP contribution >= 0.6 is 11.3 Å². The van der Waals surface area contributed by atoms with E-state index in [2.05, 4.69) is 11.4 Å². The van der Waals surface area contributed by atoms with Crippen LogP contribution in [0.1, 0.15) is 20.9 Å². The van der Waals surface area contributed by atoms with Gasteiger partial charge < -0.3 is 10.4 Å². The van der Waals surface area contributed by atoms with E-state index in [1.165, 1.54) is 11.3 Å². The van der Waals surface area contributed by atoms with Gasteiger partial charge in [-0.1, -0.05) is 0 Å². The zero-order valence-electron chi connectivity index (χ0n) is 10.3. The number of rotatable bonds is 3. The molecule has 0 amide bonds. The minimum atomic E-state index is 0.320. The lowest BCUT2D eigenvalue weighted by Crippen LogP contribution is -1.99. The number of anilines is 1. The maximum atomic E-state index is 9.58. The molecule has 0 bridgehead atoms. The highest BCUT2D eigenvalue weighted by molar-refractivity contribution is 7.12. The fourth-order valence-corrected chi connectivity index (χ4v) is 2.45. The van der Waals surface area contributed by atoms with Crippen LogP contribution in [0.2, 0.25) is 0 Å². The molecule has 0 aliphatic heterocycles. The van der Waals surface area contributed by atoms with E-state index in [9.17, 15) is 5.11 Å². The summed E-state index contributed by atoms with van der Waals surface area (Å²) < 4.78 is 0. The number of benzene rings is 1. The normalized spacial score (nSPS) is 10.1. The van der Waals surface area contributed by atoms with Crippen LogP contribution in [-0.4, -0.2) is 5.11 Å². The van der Waals surface area contributed by atoms with Gasteiger partial charge in [-0.15, -0.1) is 11.3 Å². The van der Waals surface area contributed by atoms with Crippen LogP contribution in [0.15, 0.2) is 24.3 Å². The number of aryl methyl sites for hydroxylation is 2. The van der Waals surface area contributed by atoms with Gasteiger partial charge in [0, 0.05) is 17.1 Å². The molecule has 0 aliphatic rings. The van der Waals surface area contributed by atoms with Crippen molar-refractivity contribution in [2.75, 3.05) is 5.32 Å². The molecule has 0 aliphatic carbocycles. The van der Waals surface area contributed by atoms with Gasteiger partial charge in [-0.2, -0.15) is 5.26 Å². The van der Waals surface area contributed by atoms with Gasteiger partial charge in [0.2, 0.25) is 0 Å². The monoisotopic (exact) mass is 258 g/mol. The molecule has 1 heterocycles. The molecule has 0 saturated heterocycles. The third kappa shape index (κ3) is 2.63. The summed E-state index contributed by atoms with van der Waals surface area (Å²) in [4.78, 5) is 1.85. The average Bonchev–Trinajstić information content (AvgIpc) is 2.80. The van der Waals surface area contributed by atoms with Gasteiger partial charge in [-0.3, -0.25) is 0 Å². The summed E-state index contributed by atoms with van der Waals surface area (Å²) in [5.41, 5.74) is 2.87. The molecule has 0 radical (unpaired) electrons. The number of thiophene rings is 1. The first-order valence-corrected chi connectivity index (χ1v) is 6.44. The highest BCUT2D eigenvalue weighted by Crippen LogP contribution is 2.26. The summed E-state index contributed by atoms with van der Waals surface area (Å²) in [6, 6.07) is 9.61. The second-order valence-electron chi connectivity index (χ2n) is 4.18. The van der Waals surface area contributed by atoms with Crippen LogP contribution in [0.5, 0.6) is 5.75 Å². The Hall–Kier alpha value is -1.99. The van der Waals surface area contributed by atoms with E-state index in [1.54, 1.807) is 6.07 Å². The lowest BCUT2D eigenvalue weighted by atomic mass is 10.1. The first-order chi connectivity index (χ1) is 8.60. The summed E-state index contributed by atoms with van der Waals surface area (Å²) in [5.74, 6) is 0.320. The highest BCUT2D eigenvalue weighted by atomic mass is 32.1. The van der Waals surface area contributed by atoms with Crippen molar-refractivity contribution in [3.05, 3.63) is 45.1 Å². The summed E-state index contributed by atoms with van der Waals surface area (Å²) >= 11 is 1.49. The molecule has 0 saturated carbocycles. The first kappa shape index (κ1) is 12.5. The van der Waals surface area contributed by atoms with Crippen molar-refractivity contribution in [2.24, 2.45) is 0 Å². The minimum Gasteiger partial charge on any atom is -0.508 e. The summed E-state index contributed by atoms with van der Waals surface area (Å²) in [5, 5.41) is 21.7. The predicted molar refractivity (Wildman–Crippen MR) is 73.9 cm³/mol. The van der Waals surface area contributed by atoms with Crippen molar-refractivity contribution in [1.29, 1.82) is 5.26 Å². The number of phenolic OH excluding ortho intramolecular Hbond substituents is 1. The number of nitriles is 1. The number of nitrogens with one attached hydrogen (secondary N) is 1. The molecule has 92 valence electrons. The Morgan fingerprint density at radius 1 is 1.28 bits per heavy atom. The Labute approximate surface area is 110 Å². The molecule has 3 nitrogen and oxygen atoms in total. The fraction of sp³-hybridized carbons (Fsp3) is 0.214. The van der Waals surface area contributed by atoms with Crippen molar-refractivity contribution in [2.45, 2.75) is 20.4 Å².